The smallest absolute Gasteiger partial charge is 0.0581 e. The molecule has 0 heterocycles. The maximum absolute atomic E-state index is 3.84. The van der Waals surface area contributed by atoms with E-state index in [0.29, 0.717) is 0 Å². The first-order chi connectivity index (χ1) is 11.8. The van der Waals surface area contributed by atoms with Gasteiger partial charge in [-0.1, -0.05) is 91.9 Å². The highest BCUT2D eigenvalue weighted by atomic mass is 14.9. The Morgan fingerprint density at radius 1 is 0.708 bits per heavy atom. The minimum atomic E-state index is 0.187. The molecule has 0 radical (unpaired) electrons. The van der Waals surface area contributed by atoms with Gasteiger partial charge in [0.05, 0.1) is 6.04 Å². The molecule has 0 saturated heterocycles. The van der Waals surface area contributed by atoms with Gasteiger partial charge in [0.15, 0.2) is 0 Å². The molecule has 0 aromatic heterocycles. The minimum absolute atomic E-state index is 0.187. The fraction of sp³-hybridized carbons (Fsp3) is 0.217. The minimum Gasteiger partial charge on any atom is -0.300 e. The van der Waals surface area contributed by atoms with Crippen LogP contribution in [-0.2, 0) is 6.42 Å². The maximum atomic E-state index is 3.84. The van der Waals surface area contributed by atoms with Crippen LogP contribution in [0, 0.1) is 0 Å². The highest BCUT2D eigenvalue weighted by Gasteiger charge is 2.18. The van der Waals surface area contributed by atoms with Crippen molar-refractivity contribution in [1.82, 2.24) is 5.32 Å². The van der Waals surface area contributed by atoms with Crippen molar-refractivity contribution in [3.63, 3.8) is 0 Å². The number of benzene rings is 3. The molecule has 1 atom stereocenters. The van der Waals surface area contributed by atoms with Gasteiger partial charge in [0.1, 0.15) is 0 Å². The van der Waals surface area contributed by atoms with Gasteiger partial charge in [-0.25, -0.2) is 0 Å². The van der Waals surface area contributed by atoms with Crippen LogP contribution >= 0.6 is 0 Å². The van der Waals surface area contributed by atoms with Crippen LogP contribution in [0.2, 0.25) is 0 Å². The van der Waals surface area contributed by atoms with Gasteiger partial charge >= 0.3 is 0 Å². The largest absolute Gasteiger partial charge is 0.300 e. The number of rotatable bonds is 6. The Hall–Kier alpha value is -2.38. The summed E-state index contributed by atoms with van der Waals surface area (Å²) in [6, 6.07) is 30.6. The second-order valence-electron chi connectivity index (χ2n) is 6.20. The first-order valence-electron chi connectivity index (χ1n) is 8.73. The Morgan fingerprint density at radius 3 is 1.75 bits per heavy atom. The van der Waals surface area contributed by atoms with Gasteiger partial charge in [-0.3, -0.25) is 5.32 Å². The summed E-state index contributed by atoms with van der Waals surface area (Å²) < 4.78 is 0. The van der Waals surface area contributed by atoms with Gasteiger partial charge in [-0.2, -0.15) is 0 Å². The third-order valence-electron chi connectivity index (χ3n) is 4.58. The van der Waals surface area contributed by atoms with Crippen molar-refractivity contribution in [2.75, 3.05) is 0 Å². The zero-order valence-electron chi connectivity index (χ0n) is 14.4. The molecule has 3 aromatic carbocycles. The van der Waals surface area contributed by atoms with Crippen LogP contribution in [0.15, 0.2) is 84.9 Å². The summed E-state index contributed by atoms with van der Waals surface area (Å²) in [4.78, 5) is 0. The highest BCUT2D eigenvalue weighted by molar-refractivity contribution is 5.34. The predicted octanol–water partition coefficient (Wildman–Crippen LogP) is 5.69. The maximum Gasteiger partial charge on any atom is 0.0581 e. The Bertz CT molecular complexity index is 710. The molecule has 0 aliphatic rings. The quantitative estimate of drug-likeness (QED) is 0.616. The van der Waals surface area contributed by atoms with Gasteiger partial charge in [0.2, 0.25) is 0 Å². The van der Waals surface area contributed by atoms with E-state index < -0.39 is 0 Å². The van der Waals surface area contributed by atoms with Crippen molar-refractivity contribution in [2.24, 2.45) is 0 Å². The van der Waals surface area contributed by atoms with Crippen LogP contribution in [0.5, 0.6) is 0 Å². The zero-order valence-corrected chi connectivity index (χ0v) is 14.4. The van der Waals surface area contributed by atoms with Crippen molar-refractivity contribution < 1.29 is 0 Å². The molecule has 24 heavy (non-hydrogen) atoms. The average molecular weight is 315 g/mol. The molecule has 3 aromatic rings. The van der Waals surface area contributed by atoms with E-state index in [0.717, 1.165) is 6.42 Å². The fourth-order valence-corrected chi connectivity index (χ4v) is 3.29. The van der Waals surface area contributed by atoms with Gasteiger partial charge < -0.3 is 0 Å². The van der Waals surface area contributed by atoms with Gasteiger partial charge in [0.25, 0.3) is 0 Å². The Kier molecular flexibility index (Phi) is 5.45. The summed E-state index contributed by atoms with van der Waals surface area (Å²) in [5.41, 5.74) is 5.39. The Morgan fingerprint density at radius 2 is 1.21 bits per heavy atom. The molecule has 122 valence electrons. The van der Waals surface area contributed by atoms with E-state index in [-0.39, 0.29) is 12.1 Å². The predicted molar refractivity (Wildman–Crippen MR) is 102 cm³/mol. The molecule has 1 nitrogen and oxygen atoms in total. The van der Waals surface area contributed by atoms with E-state index in [2.05, 4.69) is 104 Å². The molecule has 0 bridgehead atoms. The van der Waals surface area contributed by atoms with E-state index in [1.807, 2.05) is 0 Å². The lowest BCUT2D eigenvalue weighted by Crippen LogP contribution is -2.26. The van der Waals surface area contributed by atoms with Crippen LogP contribution in [0.1, 0.15) is 48.2 Å². The van der Waals surface area contributed by atoms with E-state index in [1.165, 1.54) is 22.3 Å². The van der Waals surface area contributed by atoms with Gasteiger partial charge in [-0.15, -0.1) is 0 Å². The fourth-order valence-electron chi connectivity index (χ4n) is 3.29. The summed E-state index contributed by atoms with van der Waals surface area (Å²) >= 11 is 0. The second kappa shape index (κ2) is 7.94. The molecule has 0 fully saturated rings. The van der Waals surface area contributed by atoms with Crippen molar-refractivity contribution in [1.29, 1.82) is 0 Å². The third-order valence-corrected chi connectivity index (χ3v) is 4.58. The Balaban J connectivity index is 1.92. The van der Waals surface area contributed by atoms with Crippen molar-refractivity contribution in [3.8, 4) is 0 Å². The molecule has 0 saturated carbocycles. The zero-order chi connectivity index (χ0) is 16.8. The molecular formula is C23H25N. The second-order valence-corrected chi connectivity index (χ2v) is 6.20. The molecule has 0 aliphatic heterocycles. The van der Waals surface area contributed by atoms with Crippen molar-refractivity contribution in [3.05, 3.63) is 107 Å². The van der Waals surface area contributed by atoms with E-state index in [4.69, 9.17) is 0 Å². The SMILES string of the molecule is CCc1ccccc1C(C)NC(c1ccccc1)c1ccccc1. The van der Waals surface area contributed by atoms with E-state index >= 15 is 0 Å². The standard InChI is InChI=1S/C23H25N/c1-3-19-12-10-11-17-22(19)18(2)24-23(20-13-6-4-7-14-20)21-15-8-5-9-16-21/h4-18,23-24H,3H2,1-2H3. The van der Waals surface area contributed by atoms with E-state index in [1.54, 1.807) is 0 Å². The Labute approximate surface area is 145 Å². The molecule has 0 aliphatic carbocycles. The summed E-state index contributed by atoms with van der Waals surface area (Å²) in [6.45, 7) is 4.48. The molecule has 0 amide bonds. The molecule has 1 N–H and O–H groups in total. The molecule has 1 heteroatoms. The van der Waals surface area contributed by atoms with Crippen molar-refractivity contribution >= 4 is 0 Å². The number of aryl methyl sites for hydroxylation is 1. The number of hydrogen-bond donors (Lipinski definition) is 1. The van der Waals surface area contributed by atoms with Crippen LogP contribution in [0.3, 0.4) is 0 Å². The van der Waals surface area contributed by atoms with Crippen LogP contribution < -0.4 is 5.32 Å². The first kappa shape index (κ1) is 16.5. The number of hydrogen-bond acceptors (Lipinski definition) is 1. The first-order valence-corrected chi connectivity index (χ1v) is 8.73. The lowest BCUT2D eigenvalue weighted by molar-refractivity contribution is 0.513. The van der Waals surface area contributed by atoms with Crippen LogP contribution in [0.25, 0.3) is 0 Å². The van der Waals surface area contributed by atoms with Gasteiger partial charge in [-0.05, 0) is 35.6 Å². The molecule has 0 spiro atoms. The topological polar surface area (TPSA) is 12.0 Å². The monoisotopic (exact) mass is 315 g/mol. The molecule has 1 unspecified atom stereocenters. The average Bonchev–Trinajstić information content (AvgIpc) is 2.67. The molecule has 3 rings (SSSR count). The van der Waals surface area contributed by atoms with Gasteiger partial charge in [0, 0.05) is 6.04 Å². The van der Waals surface area contributed by atoms with E-state index in [9.17, 15) is 0 Å². The van der Waals surface area contributed by atoms with Crippen LogP contribution in [-0.4, -0.2) is 0 Å². The summed E-state index contributed by atoms with van der Waals surface area (Å²) in [5.74, 6) is 0. The summed E-state index contributed by atoms with van der Waals surface area (Å²) in [5, 5.41) is 3.84. The number of nitrogens with one attached hydrogen (secondary N) is 1. The molecular weight excluding hydrogens is 290 g/mol. The third kappa shape index (κ3) is 3.74. The summed E-state index contributed by atoms with van der Waals surface area (Å²) in [6.07, 6.45) is 1.06. The van der Waals surface area contributed by atoms with Crippen LogP contribution in [0.4, 0.5) is 0 Å². The normalized spacial score (nSPS) is 12.3. The summed E-state index contributed by atoms with van der Waals surface area (Å²) in [7, 11) is 0. The highest BCUT2D eigenvalue weighted by Crippen LogP contribution is 2.27. The van der Waals surface area contributed by atoms with Crippen molar-refractivity contribution in [2.45, 2.75) is 32.4 Å². The lowest BCUT2D eigenvalue weighted by Gasteiger charge is -2.26. The lowest BCUT2D eigenvalue weighted by atomic mass is 9.95.